The van der Waals surface area contributed by atoms with Crippen LogP contribution >= 0.6 is 11.6 Å². The first-order valence-electron chi connectivity index (χ1n) is 8.08. The Balaban J connectivity index is 2.15. The summed E-state index contributed by atoms with van der Waals surface area (Å²) >= 11 is 6.13. The second kappa shape index (κ2) is 7.98. The number of nitrogens with zero attached hydrogens (tertiary/aromatic N) is 1. The van der Waals surface area contributed by atoms with Gasteiger partial charge < -0.3 is 4.74 Å². The average molecular weight is 406 g/mol. The minimum Gasteiger partial charge on any atom is -0.497 e. The number of hydrogen-bond donors (Lipinski definition) is 0. The highest BCUT2D eigenvalue weighted by molar-refractivity contribution is 7.93. The molecule has 0 amide bonds. The molecule has 0 N–H and O–H groups in total. The summed E-state index contributed by atoms with van der Waals surface area (Å²) in [5, 5.41) is 0.0962. The largest absolute Gasteiger partial charge is 0.497 e. The van der Waals surface area contributed by atoms with Crippen LogP contribution in [-0.4, -0.2) is 15.5 Å². The van der Waals surface area contributed by atoms with Gasteiger partial charge >= 0.3 is 0 Å². The Bertz CT molecular complexity index is 1060. The average Bonchev–Trinajstić information content (AvgIpc) is 2.67. The van der Waals surface area contributed by atoms with E-state index in [1.165, 1.54) is 25.3 Å². The maximum atomic E-state index is 14.2. The van der Waals surface area contributed by atoms with Gasteiger partial charge in [-0.2, -0.15) is 0 Å². The van der Waals surface area contributed by atoms with Crippen molar-refractivity contribution in [2.24, 2.45) is 0 Å². The van der Waals surface area contributed by atoms with Crippen LogP contribution in [-0.2, 0) is 16.6 Å². The van der Waals surface area contributed by atoms with Crippen molar-refractivity contribution in [2.75, 3.05) is 11.4 Å². The van der Waals surface area contributed by atoms with Gasteiger partial charge in [0.05, 0.1) is 24.4 Å². The molecule has 3 aromatic rings. The topological polar surface area (TPSA) is 46.6 Å². The Morgan fingerprint density at radius 3 is 2.41 bits per heavy atom. The number of ether oxygens (including phenoxy) is 1. The third kappa shape index (κ3) is 4.07. The highest BCUT2D eigenvalue weighted by Crippen LogP contribution is 2.32. The zero-order valence-corrected chi connectivity index (χ0v) is 16.0. The quantitative estimate of drug-likeness (QED) is 0.587. The van der Waals surface area contributed by atoms with Gasteiger partial charge in [-0.3, -0.25) is 4.31 Å². The van der Waals surface area contributed by atoms with Crippen molar-refractivity contribution in [1.82, 2.24) is 0 Å². The summed E-state index contributed by atoms with van der Waals surface area (Å²) in [5.74, 6) is 0.000136. The lowest BCUT2D eigenvalue weighted by Gasteiger charge is -2.25. The molecule has 7 heteroatoms. The van der Waals surface area contributed by atoms with Crippen molar-refractivity contribution in [1.29, 1.82) is 0 Å². The molecule has 140 valence electrons. The van der Waals surface area contributed by atoms with Gasteiger partial charge in [0.15, 0.2) is 0 Å². The molecule has 0 heterocycles. The molecule has 4 nitrogen and oxygen atoms in total. The van der Waals surface area contributed by atoms with Crippen molar-refractivity contribution in [3.8, 4) is 5.75 Å². The van der Waals surface area contributed by atoms with E-state index >= 15 is 0 Å². The number of methoxy groups -OCH3 is 1. The van der Waals surface area contributed by atoms with E-state index in [1.807, 2.05) is 0 Å². The molecule has 0 aliphatic rings. The zero-order chi connectivity index (χ0) is 19.4. The fourth-order valence-corrected chi connectivity index (χ4v) is 4.57. The summed E-state index contributed by atoms with van der Waals surface area (Å²) in [6.45, 7) is -0.187. The monoisotopic (exact) mass is 405 g/mol. The van der Waals surface area contributed by atoms with Crippen LogP contribution < -0.4 is 9.04 Å². The Morgan fingerprint density at radius 1 is 1.00 bits per heavy atom. The maximum absolute atomic E-state index is 14.2. The van der Waals surface area contributed by atoms with Gasteiger partial charge in [0, 0.05) is 11.6 Å². The fraction of sp³-hybridized carbons (Fsp3) is 0.100. The normalized spacial score (nSPS) is 11.2. The Labute approximate surface area is 162 Å². The lowest BCUT2D eigenvalue weighted by molar-refractivity contribution is 0.415. The zero-order valence-electron chi connectivity index (χ0n) is 14.5. The van der Waals surface area contributed by atoms with Crippen LogP contribution in [0.5, 0.6) is 5.75 Å². The van der Waals surface area contributed by atoms with Crippen molar-refractivity contribution < 1.29 is 17.5 Å². The van der Waals surface area contributed by atoms with Crippen molar-refractivity contribution >= 4 is 27.3 Å². The van der Waals surface area contributed by atoms with E-state index in [-0.39, 0.29) is 22.0 Å². The molecule has 0 fully saturated rings. The highest BCUT2D eigenvalue weighted by Gasteiger charge is 2.28. The first-order chi connectivity index (χ1) is 12.9. The molecule has 0 saturated heterocycles. The molecule has 0 radical (unpaired) electrons. The molecule has 3 aromatic carbocycles. The lowest BCUT2D eigenvalue weighted by Crippen LogP contribution is -2.31. The predicted octanol–water partition coefficient (Wildman–Crippen LogP) is 4.88. The van der Waals surface area contributed by atoms with Crippen molar-refractivity contribution in [3.63, 3.8) is 0 Å². The van der Waals surface area contributed by atoms with Crippen LogP contribution in [0.2, 0.25) is 5.02 Å². The maximum Gasteiger partial charge on any atom is 0.266 e. The number of anilines is 1. The molecule has 0 aliphatic heterocycles. The summed E-state index contributed by atoms with van der Waals surface area (Å²) in [6.07, 6.45) is 0. The van der Waals surface area contributed by atoms with Crippen LogP contribution in [0.4, 0.5) is 10.1 Å². The summed E-state index contributed by atoms with van der Waals surface area (Å²) in [6, 6.07) is 18.8. The minimum atomic E-state index is -4.05. The minimum absolute atomic E-state index is 0.0502. The molecular weight excluding hydrogens is 389 g/mol. The standard InChI is InChI=1S/C20H17ClFNO3S/c1-26-17-9-6-8-16(13-17)23(14-15-7-2-4-11-19(15)22)27(24,25)20-12-5-3-10-18(20)21/h2-13H,14H2,1H3. The number of benzene rings is 3. The number of sulfonamides is 1. The molecule has 27 heavy (non-hydrogen) atoms. The predicted molar refractivity (Wildman–Crippen MR) is 104 cm³/mol. The summed E-state index contributed by atoms with van der Waals surface area (Å²) in [5.41, 5.74) is 0.591. The van der Waals surface area contributed by atoms with E-state index in [4.69, 9.17) is 16.3 Å². The first kappa shape index (κ1) is 19.2. The molecule has 0 saturated carbocycles. The highest BCUT2D eigenvalue weighted by atomic mass is 35.5. The molecule has 0 aromatic heterocycles. The molecule has 0 bridgehead atoms. The third-order valence-electron chi connectivity index (χ3n) is 4.02. The Hall–Kier alpha value is -2.57. The van der Waals surface area contributed by atoms with Crippen molar-refractivity contribution in [3.05, 3.63) is 89.2 Å². The lowest BCUT2D eigenvalue weighted by atomic mass is 10.2. The van der Waals surface area contributed by atoms with E-state index in [0.717, 1.165) is 4.31 Å². The Morgan fingerprint density at radius 2 is 1.70 bits per heavy atom. The van der Waals surface area contributed by atoms with Gasteiger partial charge in [0.25, 0.3) is 10.0 Å². The number of halogens is 2. The number of hydrogen-bond acceptors (Lipinski definition) is 3. The van der Waals surface area contributed by atoms with E-state index in [2.05, 4.69) is 0 Å². The SMILES string of the molecule is COc1cccc(N(Cc2ccccc2F)S(=O)(=O)c2ccccc2Cl)c1. The smallest absolute Gasteiger partial charge is 0.266 e. The van der Waals surface area contributed by atoms with Crippen molar-refractivity contribution in [2.45, 2.75) is 11.4 Å². The van der Waals surface area contributed by atoms with Crippen LogP contribution in [0.15, 0.2) is 77.7 Å². The molecule has 0 aliphatic carbocycles. The second-order valence-corrected chi connectivity index (χ2v) is 7.97. The molecule has 0 spiro atoms. The van der Waals surface area contributed by atoms with E-state index in [1.54, 1.807) is 54.6 Å². The first-order valence-corrected chi connectivity index (χ1v) is 9.90. The summed E-state index contributed by atoms with van der Waals surface area (Å²) in [7, 11) is -2.56. The third-order valence-corrected chi connectivity index (χ3v) is 6.29. The van der Waals surface area contributed by atoms with E-state index in [0.29, 0.717) is 11.4 Å². The Kier molecular flexibility index (Phi) is 5.68. The fourth-order valence-electron chi connectivity index (χ4n) is 2.63. The summed E-state index contributed by atoms with van der Waals surface area (Å²) in [4.78, 5) is -0.0502. The molecular formula is C20H17ClFNO3S. The van der Waals surface area contributed by atoms with Gasteiger partial charge in [-0.05, 0) is 30.3 Å². The van der Waals surface area contributed by atoms with Crippen LogP contribution in [0, 0.1) is 5.82 Å². The number of rotatable bonds is 6. The van der Waals surface area contributed by atoms with Gasteiger partial charge in [0.2, 0.25) is 0 Å². The van der Waals surface area contributed by atoms with Gasteiger partial charge in [-0.15, -0.1) is 0 Å². The van der Waals surface area contributed by atoms with E-state index in [9.17, 15) is 12.8 Å². The van der Waals surface area contributed by atoms with Gasteiger partial charge in [-0.25, -0.2) is 12.8 Å². The molecule has 0 unspecified atom stereocenters. The van der Waals surface area contributed by atoms with E-state index < -0.39 is 15.8 Å². The summed E-state index contributed by atoms with van der Waals surface area (Å²) < 4.78 is 47.2. The second-order valence-electron chi connectivity index (χ2n) is 5.73. The van der Waals surface area contributed by atoms with Gasteiger partial charge in [-0.1, -0.05) is 48.0 Å². The molecule has 3 rings (SSSR count). The van der Waals surface area contributed by atoms with Crippen LogP contribution in [0.1, 0.15) is 5.56 Å². The molecule has 0 atom stereocenters. The van der Waals surface area contributed by atoms with Gasteiger partial charge in [0.1, 0.15) is 16.5 Å². The van der Waals surface area contributed by atoms with Crippen LogP contribution in [0.25, 0.3) is 0 Å². The van der Waals surface area contributed by atoms with Crippen LogP contribution in [0.3, 0.4) is 0 Å².